The number of hydrogen-bond acceptors (Lipinski definition) is 4. The zero-order chi connectivity index (χ0) is 22.3. The van der Waals surface area contributed by atoms with Gasteiger partial charge in [-0.05, 0) is 30.0 Å². The number of ether oxygens (including phenoxy) is 1. The van der Waals surface area contributed by atoms with E-state index in [0.29, 0.717) is 11.3 Å². The van der Waals surface area contributed by atoms with Gasteiger partial charge in [0.25, 0.3) is 5.91 Å². The molecular weight excluding hydrogens is 411 g/mol. The van der Waals surface area contributed by atoms with Crippen molar-refractivity contribution in [2.45, 2.75) is 37.0 Å². The molecule has 3 N–H and O–H groups in total. The molecule has 31 heavy (non-hydrogen) atoms. The van der Waals surface area contributed by atoms with Gasteiger partial charge < -0.3 is 15.5 Å². The Bertz CT molecular complexity index is 1230. The van der Waals surface area contributed by atoms with Crippen molar-refractivity contribution in [3.8, 4) is 5.75 Å². The number of nitrogens with one attached hydrogen (secondary N) is 1. The van der Waals surface area contributed by atoms with Crippen molar-refractivity contribution in [1.29, 1.82) is 0 Å². The number of aromatic amines is 1. The average Bonchev–Trinajstić information content (AvgIpc) is 2.72. The zero-order valence-electron chi connectivity index (χ0n) is 16.6. The van der Waals surface area contributed by atoms with E-state index in [1.807, 2.05) is 0 Å². The second kappa shape index (κ2) is 7.72. The van der Waals surface area contributed by atoms with E-state index < -0.39 is 41.3 Å². The van der Waals surface area contributed by atoms with Crippen LogP contribution in [0, 0.1) is 5.82 Å². The number of aromatic nitrogens is 2. The lowest BCUT2D eigenvalue weighted by molar-refractivity contribution is -0.0466. The number of methoxy groups -OCH3 is 1. The summed E-state index contributed by atoms with van der Waals surface area (Å²) in [7, 11) is 1.39. The Balaban J connectivity index is 1.87. The molecule has 2 atom stereocenters. The number of benzene rings is 1. The van der Waals surface area contributed by atoms with Gasteiger partial charge >= 0.3 is 0 Å². The van der Waals surface area contributed by atoms with Crippen molar-refractivity contribution in [3.63, 3.8) is 0 Å². The number of carbonyl (C=O) groups excluding carboxylic acids is 1. The zero-order valence-corrected chi connectivity index (χ0v) is 16.6. The molecule has 1 saturated carbocycles. The van der Waals surface area contributed by atoms with Crippen LogP contribution in [0.3, 0.4) is 0 Å². The third-order valence-corrected chi connectivity index (χ3v) is 5.82. The number of hydrogen-bond donors (Lipinski definition) is 2. The van der Waals surface area contributed by atoms with Crippen molar-refractivity contribution in [2.75, 3.05) is 7.11 Å². The van der Waals surface area contributed by atoms with Crippen LogP contribution in [0.5, 0.6) is 5.75 Å². The van der Waals surface area contributed by atoms with Crippen LogP contribution in [0.1, 0.15) is 52.8 Å². The number of rotatable bonds is 4. The van der Waals surface area contributed by atoms with Crippen molar-refractivity contribution in [2.24, 2.45) is 5.73 Å². The SMILES string of the molecule is COc1cc(F)ccc1[C@H]1CCC(F)(F)C[C@@H]1c1cc(=O)c2c(C(N)=O)nccc2[nH]1. The first-order valence-electron chi connectivity index (χ1n) is 9.73. The van der Waals surface area contributed by atoms with E-state index in [0.717, 1.165) is 0 Å². The third-order valence-electron chi connectivity index (χ3n) is 5.82. The van der Waals surface area contributed by atoms with Gasteiger partial charge in [0.05, 0.1) is 18.0 Å². The molecule has 0 unspecified atom stereocenters. The van der Waals surface area contributed by atoms with Crippen LogP contribution in [-0.2, 0) is 0 Å². The van der Waals surface area contributed by atoms with Crippen LogP contribution in [0.2, 0.25) is 0 Å². The van der Waals surface area contributed by atoms with Gasteiger partial charge in [0.15, 0.2) is 5.43 Å². The molecule has 3 aromatic rings. The minimum Gasteiger partial charge on any atom is -0.496 e. The van der Waals surface area contributed by atoms with Gasteiger partial charge in [0, 0.05) is 42.8 Å². The van der Waals surface area contributed by atoms with Crippen molar-refractivity contribution in [1.82, 2.24) is 9.97 Å². The number of fused-ring (bicyclic) bond motifs is 1. The highest BCUT2D eigenvalue weighted by molar-refractivity contribution is 6.03. The van der Waals surface area contributed by atoms with Crippen LogP contribution in [0.4, 0.5) is 13.2 Å². The fourth-order valence-corrected chi connectivity index (χ4v) is 4.43. The fourth-order valence-electron chi connectivity index (χ4n) is 4.43. The van der Waals surface area contributed by atoms with E-state index in [4.69, 9.17) is 10.5 Å². The van der Waals surface area contributed by atoms with E-state index >= 15 is 0 Å². The van der Waals surface area contributed by atoms with E-state index in [-0.39, 0.29) is 35.2 Å². The van der Waals surface area contributed by atoms with E-state index in [2.05, 4.69) is 9.97 Å². The second-order valence-electron chi connectivity index (χ2n) is 7.73. The Morgan fingerprint density at radius 2 is 2.03 bits per heavy atom. The summed E-state index contributed by atoms with van der Waals surface area (Å²) >= 11 is 0. The Kier molecular flexibility index (Phi) is 5.20. The number of primary amides is 1. The van der Waals surface area contributed by atoms with Gasteiger partial charge in [0.2, 0.25) is 5.92 Å². The number of nitrogens with two attached hydrogens (primary N) is 1. The van der Waals surface area contributed by atoms with E-state index in [1.54, 1.807) is 0 Å². The van der Waals surface area contributed by atoms with Gasteiger partial charge in [-0.1, -0.05) is 6.07 Å². The van der Waals surface area contributed by atoms with E-state index in [9.17, 15) is 22.8 Å². The molecule has 1 aliphatic carbocycles. The highest BCUT2D eigenvalue weighted by Crippen LogP contribution is 2.51. The number of nitrogens with zero attached hydrogens (tertiary/aromatic N) is 1. The van der Waals surface area contributed by atoms with Crippen molar-refractivity contribution < 1.29 is 22.7 Å². The minimum absolute atomic E-state index is 0.0113. The predicted molar refractivity (Wildman–Crippen MR) is 108 cm³/mol. The summed E-state index contributed by atoms with van der Waals surface area (Å²) in [5.41, 5.74) is 5.77. The molecule has 1 aromatic carbocycles. The lowest BCUT2D eigenvalue weighted by atomic mass is 9.72. The molecule has 2 heterocycles. The first-order chi connectivity index (χ1) is 14.7. The van der Waals surface area contributed by atoms with Gasteiger partial charge in [-0.25, -0.2) is 13.2 Å². The minimum atomic E-state index is -2.92. The molecule has 162 valence electrons. The van der Waals surface area contributed by atoms with Crippen LogP contribution in [-0.4, -0.2) is 28.9 Å². The van der Waals surface area contributed by atoms with E-state index in [1.165, 1.54) is 43.6 Å². The number of pyridine rings is 2. The topological polar surface area (TPSA) is 98.1 Å². The molecule has 1 fully saturated rings. The highest BCUT2D eigenvalue weighted by Gasteiger charge is 2.44. The maximum atomic E-state index is 14.4. The molecule has 0 aliphatic heterocycles. The first kappa shape index (κ1) is 20.9. The van der Waals surface area contributed by atoms with Gasteiger partial charge in [-0.15, -0.1) is 0 Å². The summed E-state index contributed by atoms with van der Waals surface area (Å²) in [6.07, 6.45) is 0.621. The molecule has 6 nitrogen and oxygen atoms in total. The lowest BCUT2D eigenvalue weighted by Gasteiger charge is -2.37. The van der Waals surface area contributed by atoms with Gasteiger partial charge in [-0.3, -0.25) is 14.6 Å². The van der Waals surface area contributed by atoms with Crippen LogP contribution >= 0.6 is 0 Å². The molecule has 9 heteroatoms. The summed E-state index contributed by atoms with van der Waals surface area (Å²) in [6, 6.07) is 6.71. The molecule has 4 rings (SSSR count). The first-order valence-corrected chi connectivity index (χ1v) is 9.73. The largest absolute Gasteiger partial charge is 0.496 e. The summed E-state index contributed by atoms with van der Waals surface area (Å²) in [5, 5.41) is 0.0113. The highest BCUT2D eigenvalue weighted by atomic mass is 19.3. The molecule has 0 bridgehead atoms. The summed E-state index contributed by atoms with van der Waals surface area (Å²) in [5.74, 6) is -5.20. The predicted octanol–water partition coefficient (Wildman–Crippen LogP) is 3.86. The Labute approximate surface area is 175 Å². The number of carbonyl (C=O) groups is 1. The number of H-pyrrole nitrogens is 1. The number of amides is 1. The standard InChI is InChI=1S/C22H20F3N3O3/c1-31-18-8-11(23)2-3-13(18)12-4-6-22(24,25)10-14(12)16-9-17(29)19-15(28-16)5-7-27-20(19)21(26)30/h2-3,5,7-9,12,14H,4,6,10H2,1H3,(H2,26,30)(H,28,29)/t12-,14+/m1/s1. The lowest BCUT2D eigenvalue weighted by Crippen LogP contribution is -2.31. The number of alkyl halides is 2. The Morgan fingerprint density at radius 1 is 1.26 bits per heavy atom. The average molecular weight is 431 g/mol. The molecular formula is C22H20F3N3O3. The Hall–Kier alpha value is -3.36. The van der Waals surface area contributed by atoms with Gasteiger partial charge in [0.1, 0.15) is 17.3 Å². The van der Waals surface area contributed by atoms with Crippen molar-refractivity contribution in [3.05, 3.63) is 69.5 Å². The molecule has 0 spiro atoms. The smallest absolute Gasteiger partial charge is 0.268 e. The van der Waals surface area contributed by atoms with Crippen LogP contribution in [0.25, 0.3) is 10.9 Å². The summed E-state index contributed by atoms with van der Waals surface area (Å²) < 4.78 is 47.8. The Morgan fingerprint density at radius 3 is 2.74 bits per heavy atom. The fraction of sp³-hybridized carbons (Fsp3) is 0.318. The maximum absolute atomic E-state index is 14.4. The number of halogens is 3. The van der Waals surface area contributed by atoms with Crippen LogP contribution < -0.4 is 15.9 Å². The molecule has 2 aromatic heterocycles. The summed E-state index contributed by atoms with van der Waals surface area (Å²) in [4.78, 5) is 31.3. The normalized spacial score (nSPS) is 20.5. The molecule has 1 aliphatic rings. The molecule has 0 saturated heterocycles. The second-order valence-corrected chi connectivity index (χ2v) is 7.73. The maximum Gasteiger partial charge on any atom is 0.268 e. The van der Waals surface area contributed by atoms with Crippen molar-refractivity contribution >= 4 is 16.8 Å². The van der Waals surface area contributed by atoms with Crippen LogP contribution in [0.15, 0.2) is 41.3 Å². The molecule has 0 radical (unpaired) electrons. The monoisotopic (exact) mass is 431 g/mol. The molecule has 1 amide bonds. The third kappa shape index (κ3) is 3.87. The quantitative estimate of drug-likeness (QED) is 0.656. The summed E-state index contributed by atoms with van der Waals surface area (Å²) in [6.45, 7) is 0. The van der Waals surface area contributed by atoms with Gasteiger partial charge in [-0.2, -0.15) is 0 Å².